The molecule has 0 unspecified atom stereocenters. The zero-order valence-electron chi connectivity index (χ0n) is 18.5. The summed E-state index contributed by atoms with van der Waals surface area (Å²) >= 11 is 5.17. The van der Waals surface area contributed by atoms with Crippen molar-refractivity contribution in [1.82, 2.24) is 5.32 Å². The number of amides is 1. The first-order valence-electron chi connectivity index (χ1n) is 10.8. The lowest BCUT2D eigenvalue weighted by Crippen LogP contribution is -2.33. The third-order valence-electron chi connectivity index (χ3n) is 4.60. The summed E-state index contributed by atoms with van der Waals surface area (Å²) in [5.41, 5.74) is 1.02. The van der Waals surface area contributed by atoms with E-state index in [0.29, 0.717) is 30.2 Å². The van der Waals surface area contributed by atoms with Crippen LogP contribution in [0.4, 0.5) is 11.4 Å². The van der Waals surface area contributed by atoms with Crippen molar-refractivity contribution in [3.8, 4) is 5.75 Å². The smallest absolute Gasteiger partial charge is 0.261 e. The van der Waals surface area contributed by atoms with Gasteiger partial charge in [0.1, 0.15) is 5.75 Å². The lowest BCUT2D eigenvalue weighted by molar-refractivity contribution is -0.119. The van der Waals surface area contributed by atoms with Crippen LogP contribution >= 0.6 is 12.2 Å². The van der Waals surface area contributed by atoms with Gasteiger partial charge in [0.05, 0.1) is 11.5 Å². The van der Waals surface area contributed by atoms with Crippen molar-refractivity contribution in [1.29, 1.82) is 0 Å². The van der Waals surface area contributed by atoms with E-state index in [1.54, 1.807) is 36.4 Å². The molecule has 2 aromatic rings. The summed E-state index contributed by atoms with van der Waals surface area (Å²) in [5, 5.41) is 5.74. The summed E-state index contributed by atoms with van der Waals surface area (Å²) in [7, 11) is -3.74. The van der Waals surface area contributed by atoms with Gasteiger partial charge in [-0.15, -0.1) is 0 Å². The maximum atomic E-state index is 12.6. The Hall–Kier alpha value is -2.65. The zero-order chi connectivity index (χ0) is 23.4. The fourth-order valence-corrected chi connectivity index (χ4v) is 4.25. The molecular weight excluding hydrogens is 446 g/mol. The van der Waals surface area contributed by atoms with E-state index in [4.69, 9.17) is 17.0 Å². The second kappa shape index (κ2) is 13.0. The molecule has 2 aromatic carbocycles. The number of rotatable bonds is 12. The Morgan fingerprint density at radius 1 is 0.906 bits per heavy atom. The number of carbonyl (C=O) groups is 1. The number of carbonyl (C=O) groups excluding carboxylic acids is 1. The zero-order valence-corrected chi connectivity index (χ0v) is 20.2. The molecule has 0 spiro atoms. The summed E-state index contributed by atoms with van der Waals surface area (Å²) in [4.78, 5) is 12.1. The van der Waals surface area contributed by atoms with Crippen LogP contribution in [0.15, 0.2) is 53.4 Å². The van der Waals surface area contributed by atoms with E-state index in [1.807, 2.05) is 6.92 Å². The molecule has 2 rings (SSSR count). The van der Waals surface area contributed by atoms with E-state index >= 15 is 0 Å². The van der Waals surface area contributed by atoms with E-state index in [1.165, 1.54) is 18.6 Å². The van der Waals surface area contributed by atoms with Gasteiger partial charge >= 0.3 is 0 Å². The topological polar surface area (TPSA) is 96.5 Å². The molecular formula is C23H31N3O4S2. The molecule has 0 saturated carbocycles. The van der Waals surface area contributed by atoms with Crippen LogP contribution in [0.25, 0.3) is 0 Å². The van der Waals surface area contributed by atoms with Crippen molar-refractivity contribution in [3.63, 3.8) is 0 Å². The summed E-state index contributed by atoms with van der Waals surface area (Å²) in [6.45, 7) is 4.57. The highest BCUT2D eigenvalue weighted by Crippen LogP contribution is 2.20. The predicted molar refractivity (Wildman–Crippen MR) is 133 cm³/mol. The minimum Gasteiger partial charge on any atom is -0.494 e. The number of ether oxygens (including phenoxy) is 1. The van der Waals surface area contributed by atoms with Gasteiger partial charge in [0, 0.05) is 17.8 Å². The normalized spacial score (nSPS) is 10.9. The average molecular weight is 478 g/mol. The highest BCUT2D eigenvalue weighted by atomic mass is 32.2. The summed E-state index contributed by atoms with van der Waals surface area (Å²) in [6.07, 6.45) is 5.78. The Labute approximate surface area is 196 Å². The van der Waals surface area contributed by atoms with E-state index < -0.39 is 10.0 Å². The molecule has 0 radical (unpaired) electrons. The third-order valence-corrected chi connectivity index (χ3v) is 6.20. The van der Waals surface area contributed by atoms with Crippen LogP contribution in [0.2, 0.25) is 0 Å². The van der Waals surface area contributed by atoms with Crippen LogP contribution in [0.5, 0.6) is 5.75 Å². The first-order valence-corrected chi connectivity index (χ1v) is 12.7. The monoisotopic (exact) mass is 477 g/mol. The fraction of sp³-hybridized carbons (Fsp3) is 0.391. The molecule has 32 heavy (non-hydrogen) atoms. The molecule has 0 bridgehead atoms. The second-order valence-electron chi connectivity index (χ2n) is 7.25. The molecule has 174 valence electrons. The molecule has 0 aliphatic carbocycles. The van der Waals surface area contributed by atoms with Crippen molar-refractivity contribution in [2.24, 2.45) is 0 Å². The number of hydrogen-bond acceptors (Lipinski definition) is 5. The van der Waals surface area contributed by atoms with Crippen LogP contribution in [-0.4, -0.2) is 26.0 Å². The highest BCUT2D eigenvalue weighted by Gasteiger charge is 2.14. The van der Waals surface area contributed by atoms with Gasteiger partial charge in [0.2, 0.25) is 5.91 Å². The molecule has 9 heteroatoms. The molecule has 0 heterocycles. The molecule has 3 N–H and O–H groups in total. The molecule has 0 fully saturated rings. The first-order chi connectivity index (χ1) is 15.3. The maximum absolute atomic E-state index is 12.6. The van der Waals surface area contributed by atoms with Gasteiger partial charge in [0.25, 0.3) is 10.0 Å². The van der Waals surface area contributed by atoms with Gasteiger partial charge in [0.15, 0.2) is 5.11 Å². The van der Waals surface area contributed by atoms with Gasteiger partial charge in [-0.3, -0.25) is 9.52 Å². The van der Waals surface area contributed by atoms with Crippen LogP contribution in [-0.2, 0) is 14.8 Å². The standard InChI is InChI=1S/C23H31N3O4S2/c1-3-5-6-7-8-9-22(27)25-23(31)24-18-12-16-21(17-13-18)32(28,29)26-19-10-14-20(15-11-19)30-4-2/h10-17,26H,3-9H2,1-2H3,(H2,24,25,27,31). The largest absolute Gasteiger partial charge is 0.494 e. The Morgan fingerprint density at radius 3 is 2.16 bits per heavy atom. The molecule has 1 amide bonds. The lowest BCUT2D eigenvalue weighted by Gasteiger charge is -2.12. The van der Waals surface area contributed by atoms with E-state index in [0.717, 1.165) is 25.7 Å². The molecule has 0 atom stereocenters. The van der Waals surface area contributed by atoms with Gasteiger partial charge in [-0.05, 0) is 74.1 Å². The number of unbranched alkanes of at least 4 members (excludes halogenated alkanes) is 4. The third kappa shape index (κ3) is 8.84. The van der Waals surface area contributed by atoms with Crippen molar-refractivity contribution < 1.29 is 17.9 Å². The minimum atomic E-state index is -3.74. The quantitative estimate of drug-likeness (QED) is 0.292. The van der Waals surface area contributed by atoms with Crippen molar-refractivity contribution in [3.05, 3.63) is 48.5 Å². The molecule has 7 nitrogen and oxygen atoms in total. The Morgan fingerprint density at radius 2 is 1.53 bits per heavy atom. The number of sulfonamides is 1. The number of hydrogen-bond donors (Lipinski definition) is 3. The van der Waals surface area contributed by atoms with Crippen LogP contribution in [0.3, 0.4) is 0 Å². The van der Waals surface area contributed by atoms with Gasteiger partial charge in [-0.25, -0.2) is 8.42 Å². The molecule has 0 aliphatic rings. The number of nitrogens with one attached hydrogen (secondary N) is 3. The van der Waals surface area contributed by atoms with Crippen molar-refractivity contribution >= 4 is 44.6 Å². The van der Waals surface area contributed by atoms with Crippen molar-refractivity contribution in [2.75, 3.05) is 16.6 Å². The highest BCUT2D eigenvalue weighted by molar-refractivity contribution is 7.92. The lowest BCUT2D eigenvalue weighted by atomic mass is 10.1. The number of thiocarbonyl (C=S) groups is 1. The Balaban J connectivity index is 1.86. The van der Waals surface area contributed by atoms with E-state index in [-0.39, 0.29) is 15.9 Å². The van der Waals surface area contributed by atoms with Crippen LogP contribution in [0.1, 0.15) is 52.4 Å². The summed E-state index contributed by atoms with van der Waals surface area (Å²) in [5.74, 6) is 0.545. The number of benzene rings is 2. The minimum absolute atomic E-state index is 0.110. The predicted octanol–water partition coefficient (Wildman–Crippen LogP) is 5.06. The van der Waals surface area contributed by atoms with Gasteiger partial charge in [-0.1, -0.05) is 32.6 Å². The second-order valence-corrected chi connectivity index (χ2v) is 9.34. The van der Waals surface area contributed by atoms with Gasteiger partial charge in [-0.2, -0.15) is 0 Å². The molecule has 0 aromatic heterocycles. The maximum Gasteiger partial charge on any atom is 0.261 e. The summed E-state index contributed by atoms with van der Waals surface area (Å²) in [6, 6.07) is 12.8. The number of anilines is 2. The van der Waals surface area contributed by atoms with E-state index in [2.05, 4.69) is 22.3 Å². The molecule has 0 aliphatic heterocycles. The van der Waals surface area contributed by atoms with Crippen LogP contribution < -0.4 is 20.1 Å². The SMILES string of the molecule is CCCCCCCC(=O)NC(=S)Nc1ccc(S(=O)(=O)Nc2ccc(OCC)cc2)cc1. The first kappa shape index (κ1) is 25.6. The van der Waals surface area contributed by atoms with Gasteiger partial charge < -0.3 is 15.4 Å². The Kier molecular flexibility index (Phi) is 10.4. The fourth-order valence-electron chi connectivity index (χ4n) is 2.96. The summed E-state index contributed by atoms with van der Waals surface area (Å²) < 4.78 is 33.1. The van der Waals surface area contributed by atoms with E-state index in [9.17, 15) is 13.2 Å². The molecule has 0 saturated heterocycles. The van der Waals surface area contributed by atoms with Crippen molar-refractivity contribution in [2.45, 2.75) is 57.3 Å². The Bertz CT molecular complexity index is 975. The van der Waals surface area contributed by atoms with Crippen LogP contribution in [0, 0.1) is 0 Å². The average Bonchev–Trinajstić information content (AvgIpc) is 2.75.